The molecule has 0 radical (unpaired) electrons. The standard InChI is InChI=1S/C29H33FN2O4/c1-3-35-29(34)32-23-10-11-24-20(14-23)15-26-27(17(2)36-28(26)33)25(24)12-9-22-8-7-19(16-31-22)18-5-4-6-21(30)13-18/h4-9,12-13,16-17,20,23-27H,3,10-11,14-15H2,1-2H3,(H,32,34)/t17-,20+,23-,24-,25-,26-,27-/m1/s1. The molecule has 1 aliphatic heterocycles. The Balaban J connectivity index is 1.34. The zero-order valence-corrected chi connectivity index (χ0v) is 20.7. The number of hydrogen-bond donors (Lipinski definition) is 1. The molecule has 2 heterocycles. The van der Waals surface area contributed by atoms with Gasteiger partial charge < -0.3 is 14.8 Å². The molecule has 1 N–H and O–H groups in total. The van der Waals surface area contributed by atoms with Gasteiger partial charge in [0.15, 0.2) is 0 Å². The summed E-state index contributed by atoms with van der Waals surface area (Å²) in [6.45, 7) is 4.15. The van der Waals surface area contributed by atoms with Gasteiger partial charge in [0, 0.05) is 23.7 Å². The van der Waals surface area contributed by atoms with Gasteiger partial charge in [0.05, 0.1) is 18.2 Å². The van der Waals surface area contributed by atoms with Crippen molar-refractivity contribution in [3.63, 3.8) is 0 Å². The topological polar surface area (TPSA) is 77.5 Å². The third-order valence-electron chi connectivity index (χ3n) is 8.18. The minimum Gasteiger partial charge on any atom is -0.462 e. The predicted molar refractivity (Wildman–Crippen MR) is 134 cm³/mol. The lowest BCUT2D eigenvalue weighted by Gasteiger charge is -2.47. The van der Waals surface area contributed by atoms with Crippen LogP contribution >= 0.6 is 0 Å². The SMILES string of the molecule is CCOC(=O)N[C@@H]1CC[C@@H]2[C@@H](C1)C[C@H]1C(=O)O[C@H](C)[C@@H]1[C@@H]2C=Cc1ccc(-c2cccc(F)c2)cn1. The lowest BCUT2D eigenvalue weighted by atomic mass is 9.57. The monoisotopic (exact) mass is 492 g/mol. The number of carbonyl (C=O) groups excluding carboxylic acids is 2. The molecule has 0 spiro atoms. The number of pyridine rings is 1. The van der Waals surface area contributed by atoms with Crippen molar-refractivity contribution in [2.45, 2.75) is 51.7 Å². The summed E-state index contributed by atoms with van der Waals surface area (Å²) in [5.74, 6) is 0.629. The molecule has 2 aromatic rings. The van der Waals surface area contributed by atoms with Gasteiger partial charge in [-0.05, 0) is 87.1 Å². The van der Waals surface area contributed by atoms with Crippen LogP contribution in [-0.4, -0.2) is 35.8 Å². The summed E-state index contributed by atoms with van der Waals surface area (Å²) in [6.07, 6.45) is 9.07. The Bertz CT molecular complexity index is 1130. The number of aromatic nitrogens is 1. The predicted octanol–water partition coefficient (Wildman–Crippen LogP) is 5.63. The summed E-state index contributed by atoms with van der Waals surface area (Å²) < 4.78 is 24.3. The molecule has 1 saturated heterocycles. The highest BCUT2D eigenvalue weighted by Crippen LogP contribution is 2.53. The number of benzene rings is 1. The van der Waals surface area contributed by atoms with Crippen molar-refractivity contribution in [2.24, 2.45) is 29.6 Å². The van der Waals surface area contributed by atoms with Gasteiger partial charge in [0.25, 0.3) is 0 Å². The zero-order chi connectivity index (χ0) is 25.2. The number of rotatable bonds is 5. The Hall–Kier alpha value is -3.22. The fourth-order valence-corrected chi connectivity index (χ4v) is 6.64. The van der Waals surface area contributed by atoms with Crippen molar-refractivity contribution in [3.8, 4) is 11.1 Å². The summed E-state index contributed by atoms with van der Waals surface area (Å²) in [4.78, 5) is 29.2. The molecule has 5 rings (SSSR count). The minimum atomic E-state index is -0.368. The number of esters is 1. The largest absolute Gasteiger partial charge is 0.462 e. The fourth-order valence-electron chi connectivity index (χ4n) is 6.64. The van der Waals surface area contributed by atoms with Gasteiger partial charge in [-0.25, -0.2) is 9.18 Å². The molecule has 6 nitrogen and oxygen atoms in total. The Morgan fingerprint density at radius 2 is 2.08 bits per heavy atom. The molecular weight excluding hydrogens is 459 g/mol. The van der Waals surface area contributed by atoms with Crippen molar-refractivity contribution in [3.05, 3.63) is 60.2 Å². The zero-order valence-electron chi connectivity index (χ0n) is 20.7. The van der Waals surface area contributed by atoms with Crippen LogP contribution in [0.5, 0.6) is 0 Å². The third kappa shape index (κ3) is 5.01. The van der Waals surface area contributed by atoms with E-state index < -0.39 is 0 Å². The maximum Gasteiger partial charge on any atom is 0.407 e. The Labute approximate surface area is 211 Å². The lowest BCUT2D eigenvalue weighted by molar-refractivity contribution is -0.144. The average molecular weight is 493 g/mol. The molecular formula is C29H33FN2O4. The number of ether oxygens (including phenoxy) is 2. The molecule has 3 fully saturated rings. The minimum absolute atomic E-state index is 0.0679. The molecule has 7 heteroatoms. The van der Waals surface area contributed by atoms with Gasteiger partial charge in [0.2, 0.25) is 0 Å². The van der Waals surface area contributed by atoms with E-state index in [1.165, 1.54) is 12.1 Å². The van der Waals surface area contributed by atoms with Crippen molar-refractivity contribution in [1.82, 2.24) is 10.3 Å². The molecule has 1 aromatic carbocycles. The highest BCUT2D eigenvalue weighted by atomic mass is 19.1. The molecule has 2 saturated carbocycles. The highest BCUT2D eigenvalue weighted by molar-refractivity contribution is 5.75. The molecule has 0 unspecified atom stereocenters. The van der Waals surface area contributed by atoms with E-state index in [2.05, 4.69) is 16.4 Å². The molecule has 3 aliphatic rings. The molecule has 1 aromatic heterocycles. The van der Waals surface area contributed by atoms with Crippen LogP contribution in [0.4, 0.5) is 9.18 Å². The third-order valence-corrected chi connectivity index (χ3v) is 8.18. The van der Waals surface area contributed by atoms with Gasteiger partial charge in [-0.2, -0.15) is 0 Å². The van der Waals surface area contributed by atoms with E-state index in [9.17, 15) is 14.0 Å². The summed E-state index contributed by atoms with van der Waals surface area (Å²) >= 11 is 0. The van der Waals surface area contributed by atoms with E-state index in [0.29, 0.717) is 18.4 Å². The summed E-state index contributed by atoms with van der Waals surface area (Å²) in [5, 5.41) is 3.00. The van der Waals surface area contributed by atoms with Crippen molar-refractivity contribution in [1.29, 1.82) is 0 Å². The first kappa shape index (κ1) is 24.5. The van der Waals surface area contributed by atoms with Crippen LogP contribution in [0.15, 0.2) is 48.7 Å². The van der Waals surface area contributed by atoms with Crippen LogP contribution in [0, 0.1) is 35.4 Å². The summed E-state index contributed by atoms with van der Waals surface area (Å²) in [6, 6.07) is 10.4. The van der Waals surface area contributed by atoms with Crippen LogP contribution in [0.3, 0.4) is 0 Å². The van der Waals surface area contributed by atoms with Crippen LogP contribution in [0.1, 0.15) is 45.2 Å². The number of alkyl carbamates (subject to hydrolysis) is 1. The van der Waals surface area contributed by atoms with E-state index in [4.69, 9.17) is 9.47 Å². The number of halogens is 1. The van der Waals surface area contributed by atoms with E-state index in [1.54, 1.807) is 19.2 Å². The van der Waals surface area contributed by atoms with Crippen molar-refractivity contribution >= 4 is 18.1 Å². The number of hydrogen-bond acceptors (Lipinski definition) is 5. The van der Waals surface area contributed by atoms with E-state index >= 15 is 0 Å². The average Bonchev–Trinajstić information content (AvgIpc) is 3.15. The van der Waals surface area contributed by atoms with Gasteiger partial charge in [0.1, 0.15) is 11.9 Å². The fraction of sp³-hybridized carbons (Fsp3) is 0.483. The smallest absolute Gasteiger partial charge is 0.407 e. The van der Waals surface area contributed by atoms with Crippen LogP contribution in [-0.2, 0) is 14.3 Å². The van der Waals surface area contributed by atoms with Crippen LogP contribution < -0.4 is 5.32 Å². The quantitative estimate of drug-likeness (QED) is 0.548. The normalized spacial score (nSPS) is 31.4. The van der Waals surface area contributed by atoms with Gasteiger partial charge >= 0.3 is 12.1 Å². The van der Waals surface area contributed by atoms with Crippen molar-refractivity contribution in [2.75, 3.05) is 6.61 Å². The Morgan fingerprint density at radius 3 is 2.83 bits per heavy atom. The van der Waals surface area contributed by atoms with Gasteiger partial charge in [-0.1, -0.05) is 24.3 Å². The van der Waals surface area contributed by atoms with E-state index in [-0.39, 0.29) is 47.8 Å². The second-order valence-corrected chi connectivity index (χ2v) is 10.3. The van der Waals surface area contributed by atoms with Crippen LogP contribution in [0.25, 0.3) is 17.2 Å². The lowest BCUT2D eigenvalue weighted by Crippen LogP contribution is -2.48. The number of fused-ring (bicyclic) bond motifs is 2. The first-order valence-electron chi connectivity index (χ1n) is 13.0. The number of amides is 1. The number of nitrogens with one attached hydrogen (secondary N) is 1. The maximum atomic E-state index is 13.6. The Morgan fingerprint density at radius 1 is 1.22 bits per heavy atom. The van der Waals surface area contributed by atoms with Gasteiger partial charge in [-0.15, -0.1) is 0 Å². The molecule has 0 bridgehead atoms. The van der Waals surface area contributed by atoms with E-state index in [1.807, 2.05) is 31.2 Å². The van der Waals surface area contributed by atoms with Crippen LogP contribution in [0.2, 0.25) is 0 Å². The number of cyclic esters (lactones) is 1. The van der Waals surface area contributed by atoms with E-state index in [0.717, 1.165) is 42.5 Å². The number of carbonyl (C=O) groups is 2. The molecule has 1 amide bonds. The van der Waals surface area contributed by atoms with Crippen molar-refractivity contribution < 1.29 is 23.5 Å². The molecule has 2 aliphatic carbocycles. The number of nitrogens with zero attached hydrogens (tertiary/aromatic N) is 1. The second-order valence-electron chi connectivity index (χ2n) is 10.3. The first-order chi connectivity index (χ1) is 17.4. The number of allylic oxidation sites excluding steroid dienone is 1. The molecule has 190 valence electrons. The molecule has 7 atom stereocenters. The molecule has 36 heavy (non-hydrogen) atoms. The maximum absolute atomic E-state index is 13.6. The summed E-state index contributed by atoms with van der Waals surface area (Å²) in [7, 11) is 0. The Kier molecular flexibility index (Phi) is 7.08. The first-order valence-corrected chi connectivity index (χ1v) is 13.0. The highest BCUT2D eigenvalue weighted by Gasteiger charge is 2.54. The van der Waals surface area contributed by atoms with Gasteiger partial charge in [-0.3, -0.25) is 9.78 Å². The summed E-state index contributed by atoms with van der Waals surface area (Å²) in [5.41, 5.74) is 2.48. The second kappa shape index (κ2) is 10.4.